The highest BCUT2D eigenvalue weighted by Gasteiger charge is 1.95. The Labute approximate surface area is 53.3 Å². The molecule has 0 rings (SSSR count). The molecule has 0 heterocycles. The van der Waals surface area contributed by atoms with Crippen LogP contribution in [0.4, 0.5) is 0 Å². The third kappa shape index (κ3) is 6.00. The van der Waals surface area contributed by atoms with E-state index in [0.29, 0.717) is 5.92 Å². The molecule has 0 heteroatoms. The van der Waals surface area contributed by atoms with E-state index in [1.54, 1.807) is 0 Å². The van der Waals surface area contributed by atoms with Crippen LogP contribution in [0.3, 0.4) is 0 Å². The number of hydrogen-bond donors (Lipinski definition) is 0. The molecule has 8 heavy (non-hydrogen) atoms. The lowest BCUT2D eigenvalue weighted by molar-refractivity contribution is 0.500. The Kier molecular flexibility index (Phi) is 3.94. The Bertz CT molecular complexity index is 36.0. The molecule has 1 atom stereocenters. The van der Waals surface area contributed by atoms with Crippen LogP contribution in [0.5, 0.6) is 0 Å². The summed E-state index contributed by atoms with van der Waals surface area (Å²) in [5.41, 5.74) is 0. The van der Waals surface area contributed by atoms with Gasteiger partial charge in [-0.2, -0.15) is 0 Å². The van der Waals surface area contributed by atoms with Crippen molar-refractivity contribution in [1.29, 1.82) is 0 Å². The second-order valence-electron chi connectivity index (χ2n) is 3.08. The number of rotatable bonds is 3. The molecule has 0 aliphatic carbocycles. The highest BCUT2D eigenvalue weighted by atomic mass is 14.0. The molecule has 0 aliphatic rings. The molecule has 0 amide bonds. The van der Waals surface area contributed by atoms with Gasteiger partial charge in [-0.1, -0.05) is 40.5 Å². The van der Waals surface area contributed by atoms with E-state index < -0.39 is 0 Å². The third-order valence-electron chi connectivity index (χ3n) is 1.24. The molecule has 0 saturated heterocycles. The van der Waals surface area contributed by atoms with Gasteiger partial charge in [0.25, 0.3) is 0 Å². The maximum absolute atomic E-state index is 3.91. The quantitative estimate of drug-likeness (QED) is 0.528. The first-order valence-electron chi connectivity index (χ1n) is 3.46. The molecule has 0 spiro atoms. The van der Waals surface area contributed by atoms with Gasteiger partial charge in [-0.3, -0.25) is 0 Å². The predicted octanol–water partition coefficient (Wildman–Crippen LogP) is 2.89. The largest absolute Gasteiger partial charge is 0.0628 e. The molecular weight excluding hydrogens is 96.1 g/mol. The maximum Gasteiger partial charge on any atom is -0.0443 e. The van der Waals surface area contributed by atoms with Crippen LogP contribution in [0.15, 0.2) is 0 Å². The Morgan fingerprint density at radius 1 is 1.12 bits per heavy atom. The molecule has 0 nitrogen and oxygen atoms in total. The summed E-state index contributed by atoms with van der Waals surface area (Å²) in [6.07, 6.45) is 2.60. The minimum atomic E-state index is 0.636. The van der Waals surface area contributed by atoms with E-state index in [2.05, 4.69) is 27.7 Å². The van der Waals surface area contributed by atoms with Gasteiger partial charge >= 0.3 is 0 Å². The summed E-state index contributed by atoms with van der Waals surface area (Å²) in [5.74, 6) is 1.48. The van der Waals surface area contributed by atoms with E-state index in [9.17, 15) is 0 Å². The molecule has 0 aromatic rings. The molecule has 0 aromatic carbocycles. The molecule has 0 fully saturated rings. The molecule has 1 radical (unpaired) electrons. The topological polar surface area (TPSA) is 0 Å². The Balaban J connectivity index is 2.93. The number of hydrogen-bond acceptors (Lipinski definition) is 0. The second kappa shape index (κ2) is 3.94. The normalized spacial score (nSPS) is 11.2. The predicted molar refractivity (Wildman–Crippen MR) is 38.6 cm³/mol. The van der Waals surface area contributed by atoms with Gasteiger partial charge in [0.2, 0.25) is 0 Å². The van der Waals surface area contributed by atoms with Gasteiger partial charge in [-0.05, 0) is 11.8 Å². The van der Waals surface area contributed by atoms with E-state index in [1.165, 1.54) is 12.8 Å². The fourth-order valence-corrected chi connectivity index (χ4v) is 0.618. The van der Waals surface area contributed by atoms with E-state index in [0.717, 1.165) is 5.92 Å². The van der Waals surface area contributed by atoms with Crippen LogP contribution >= 0.6 is 0 Å². The van der Waals surface area contributed by atoms with Crippen molar-refractivity contribution in [3.05, 3.63) is 6.92 Å². The summed E-state index contributed by atoms with van der Waals surface area (Å²) >= 11 is 0. The lowest BCUT2D eigenvalue weighted by atomic mass is 10.0. The van der Waals surface area contributed by atoms with Crippen LogP contribution in [0.1, 0.15) is 33.6 Å². The van der Waals surface area contributed by atoms with Crippen molar-refractivity contribution in [2.45, 2.75) is 33.6 Å². The van der Waals surface area contributed by atoms with Crippen molar-refractivity contribution in [3.63, 3.8) is 0 Å². The lowest BCUT2D eigenvalue weighted by Crippen LogP contribution is -1.92. The molecule has 0 N–H and O–H groups in total. The van der Waals surface area contributed by atoms with Gasteiger partial charge in [0, 0.05) is 0 Å². The summed E-state index contributed by atoms with van der Waals surface area (Å²) in [5, 5.41) is 0. The average molecular weight is 113 g/mol. The van der Waals surface area contributed by atoms with Crippen molar-refractivity contribution >= 4 is 0 Å². The van der Waals surface area contributed by atoms with Crippen molar-refractivity contribution < 1.29 is 0 Å². The van der Waals surface area contributed by atoms with E-state index in [4.69, 9.17) is 0 Å². The van der Waals surface area contributed by atoms with Crippen LogP contribution in [-0.4, -0.2) is 0 Å². The van der Waals surface area contributed by atoms with Crippen LogP contribution in [0.2, 0.25) is 0 Å². The minimum absolute atomic E-state index is 0.636. The zero-order chi connectivity index (χ0) is 6.57. The zero-order valence-electron chi connectivity index (χ0n) is 6.28. The zero-order valence-corrected chi connectivity index (χ0v) is 6.28. The highest BCUT2D eigenvalue weighted by Crippen LogP contribution is 2.09. The summed E-state index contributed by atoms with van der Waals surface area (Å²) < 4.78 is 0. The molecule has 0 aliphatic heterocycles. The summed E-state index contributed by atoms with van der Waals surface area (Å²) in [4.78, 5) is 0. The van der Waals surface area contributed by atoms with Crippen molar-refractivity contribution in [2.24, 2.45) is 11.8 Å². The fraction of sp³-hybridized carbons (Fsp3) is 0.875. The highest BCUT2D eigenvalue weighted by molar-refractivity contribution is 4.55. The molecular formula is C8H17. The minimum Gasteiger partial charge on any atom is -0.0628 e. The lowest BCUT2D eigenvalue weighted by Gasteiger charge is -2.05. The SMILES string of the molecule is [CH2]C(C)CCC(C)C. The van der Waals surface area contributed by atoms with Crippen LogP contribution in [0.25, 0.3) is 0 Å². The van der Waals surface area contributed by atoms with E-state index in [-0.39, 0.29) is 0 Å². The molecule has 1 unspecified atom stereocenters. The fourth-order valence-electron chi connectivity index (χ4n) is 0.618. The summed E-state index contributed by atoms with van der Waals surface area (Å²) in [7, 11) is 0. The Hall–Kier alpha value is 0. The Morgan fingerprint density at radius 2 is 1.62 bits per heavy atom. The monoisotopic (exact) mass is 113 g/mol. The van der Waals surface area contributed by atoms with Gasteiger partial charge in [0.05, 0.1) is 0 Å². The van der Waals surface area contributed by atoms with Crippen molar-refractivity contribution in [3.8, 4) is 0 Å². The van der Waals surface area contributed by atoms with E-state index >= 15 is 0 Å². The smallest absolute Gasteiger partial charge is 0.0443 e. The van der Waals surface area contributed by atoms with Crippen molar-refractivity contribution in [2.75, 3.05) is 0 Å². The van der Waals surface area contributed by atoms with Gasteiger partial charge in [0.1, 0.15) is 0 Å². The average Bonchev–Trinajstić information content (AvgIpc) is 1.61. The van der Waals surface area contributed by atoms with Crippen LogP contribution < -0.4 is 0 Å². The van der Waals surface area contributed by atoms with E-state index in [1.807, 2.05) is 0 Å². The first-order chi connectivity index (χ1) is 3.63. The second-order valence-corrected chi connectivity index (χ2v) is 3.08. The first kappa shape index (κ1) is 8.00. The summed E-state index contributed by atoms with van der Waals surface area (Å²) in [6.45, 7) is 10.6. The third-order valence-corrected chi connectivity index (χ3v) is 1.24. The van der Waals surface area contributed by atoms with Gasteiger partial charge < -0.3 is 0 Å². The van der Waals surface area contributed by atoms with Gasteiger partial charge in [-0.15, -0.1) is 0 Å². The Morgan fingerprint density at radius 3 is 1.75 bits per heavy atom. The standard InChI is InChI=1S/C8H17/c1-7(2)5-6-8(3)4/h7-8H,1,5-6H2,2-4H3. The molecule has 0 aromatic heterocycles. The summed E-state index contributed by atoms with van der Waals surface area (Å²) in [6, 6.07) is 0. The van der Waals surface area contributed by atoms with Gasteiger partial charge in [-0.25, -0.2) is 0 Å². The maximum atomic E-state index is 3.91. The molecule has 0 saturated carbocycles. The van der Waals surface area contributed by atoms with Crippen LogP contribution in [0, 0.1) is 18.8 Å². The first-order valence-corrected chi connectivity index (χ1v) is 3.46. The molecule has 0 bridgehead atoms. The van der Waals surface area contributed by atoms with Crippen molar-refractivity contribution in [1.82, 2.24) is 0 Å². The van der Waals surface area contributed by atoms with Gasteiger partial charge in [0.15, 0.2) is 0 Å². The molecule has 49 valence electrons. The van der Waals surface area contributed by atoms with Crippen LogP contribution in [-0.2, 0) is 0 Å².